The maximum Gasteiger partial charge on any atom is 0.306 e. The standard InChI is InChI=1S/C50H93N3O6/c1-6-9-12-15-20-27-35-44(34-26-19-14-11-8-3)59-46(55)37-29-22-17-24-31-40-53(41-32-38-52-48-47(51-5)49(56)50(48)57)39-30-23-16-21-28-36-45(54)58-42-43(4)33-25-18-13-10-7-2/h43-44,51-52H,6-42H2,1-5H3. The number of ether oxygens (including phenoxy) is 2. The monoisotopic (exact) mass is 832 g/mol. The van der Waals surface area contributed by atoms with Crippen LogP contribution >= 0.6 is 0 Å². The van der Waals surface area contributed by atoms with Gasteiger partial charge in [-0.3, -0.25) is 19.2 Å². The number of rotatable bonds is 44. The quantitative estimate of drug-likeness (QED) is 0.0377. The molecule has 0 bridgehead atoms. The maximum atomic E-state index is 12.8. The highest BCUT2D eigenvalue weighted by Crippen LogP contribution is 2.19. The average Bonchev–Trinajstić information content (AvgIpc) is 3.23. The van der Waals surface area contributed by atoms with E-state index in [0.717, 1.165) is 122 Å². The molecular weight excluding hydrogens is 739 g/mol. The first-order chi connectivity index (χ1) is 28.8. The van der Waals surface area contributed by atoms with Crippen molar-refractivity contribution in [3.8, 4) is 0 Å². The highest BCUT2D eigenvalue weighted by atomic mass is 16.5. The minimum absolute atomic E-state index is 0.00624. The van der Waals surface area contributed by atoms with Gasteiger partial charge in [0.15, 0.2) is 0 Å². The molecule has 0 aliphatic rings. The van der Waals surface area contributed by atoms with Crippen LogP contribution in [0.3, 0.4) is 0 Å². The Balaban J connectivity index is 2.37. The SMILES string of the molecule is CCCCCCCCC(CCCCCCC)OC(=O)CCCCCCCN(CCCCCCCC(=O)OCC(C)CCCCCCC)CCCNc1c(NC)c(=O)c1=O. The molecule has 0 spiro atoms. The van der Waals surface area contributed by atoms with Crippen molar-refractivity contribution in [1.29, 1.82) is 0 Å². The Labute approximate surface area is 362 Å². The van der Waals surface area contributed by atoms with Gasteiger partial charge in [-0.2, -0.15) is 0 Å². The number of carbonyl (C=O) groups is 2. The molecule has 2 N–H and O–H groups in total. The predicted molar refractivity (Wildman–Crippen MR) is 251 cm³/mol. The second kappa shape index (κ2) is 38.5. The van der Waals surface area contributed by atoms with Crippen molar-refractivity contribution in [2.24, 2.45) is 5.92 Å². The van der Waals surface area contributed by atoms with Crippen molar-refractivity contribution in [3.63, 3.8) is 0 Å². The summed E-state index contributed by atoms with van der Waals surface area (Å²) in [6, 6.07) is 0. The number of unbranched alkanes of at least 4 members (excludes halogenated alkanes) is 21. The molecule has 1 aromatic carbocycles. The zero-order valence-electron chi connectivity index (χ0n) is 39.2. The Morgan fingerprint density at radius 3 is 1.47 bits per heavy atom. The summed E-state index contributed by atoms with van der Waals surface area (Å²) in [6.45, 7) is 13.1. The van der Waals surface area contributed by atoms with Gasteiger partial charge in [0.2, 0.25) is 0 Å². The van der Waals surface area contributed by atoms with Crippen LogP contribution in [0.5, 0.6) is 0 Å². The van der Waals surface area contributed by atoms with Gasteiger partial charge in [0, 0.05) is 26.4 Å². The van der Waals surface area contributed by atoms with E-state index < -0.39 is 10.9 Å². The highest BCUT2D eigenvalue weighted by molar-refractivity contribution is 5.73. The number of hydrogen-bond acceptors (Lipinski definition) is 9. The van der Waals surface area contributed by atoms with Crippen LogP contribution in [0.25, 0.3) is 0 Å². The van der Waals surface area contributed by atoms with Crippen molar-refractivity contribution in [2.45, 2.75) is 239 Å². The predicted octanol–water partition coefficient (Wildman–Crippen LogP) is 12.7. The summed E-state index contributed by atoms with van der Waals surface area (Å²) in [7, 11) is 1.67. The summed E-state index contributed by atoms with van der Waals surface area (Å²) in [6.07, 6.45) is 36.1. The molecule has 0 saturated heterocycles. The number of hydrogen-bond donors (Lipinski definition) is 2. The van der Waals surface area contributed by atoms with E-state index in [1.165, 1.54) is 89.9 Å². The zero-order chi connectivity index (χ0) is 43.2. The molecule has 9 heteroatoms. The minimum atomic E-state index is -0.440. The van der Waals surface area contributed by atoms with Gasteiger partial charge in [0.25, 0.3) is 10.9 Å². The largest absolute Gasteiger partial charge is 0.465 e. The molecule has 0 amide bonds. The second-order valence-corrected chi connectivity index (χ2v) is 17.7. The lowest BCUT2D eigenvalue weighted by Gasteiger charge is -2.23. The molecule has 0 radical (unpaired) electrons. The number of carbonyl (C=O) groups excluding carboxylic acids is 2. The number of nitrogens with zero attached hydrogens (tertiary/aromatic N) is 1. The van der Waals surface area contributed by atoms with Crippen molar-refractivity contribution >= 4 is 23.3 Å². The van der Waals surface area contributed by atoms with Crippen LogP contribution in [0.1, 0.15) is 233 Å². The van der Waals surface area contributed by atoms with E-state index in [-0.39, 0.29) is 18.0 Å². The van der Waals surface area contributed by atoms with Crippen LogP contribution in [-0.4, -0.2) is 62.8 Å². The first-order valence-corrected chi connectivity index (χ1v) is 25.1. The lowest BCUT2D eigenvalue weighted by Crippen LogP contribution is -2.37. The molecule has 2 unspecified atom stereocenters. The van der Waals surface area contributed by atoms with Gasteiger partial charge in [-0.15, -0.1) is 0 Å². The van der Waals surface area contributed by atoms with Gasteiger partial charge in [-0.25, -0.2) is 0 Å². The average molecular weight is 832 g/mol. The molecule has 2 atom stereocenters. The first kappa shape index (κ1) is 54.6. The van der Waals surface area contributed by atoms with Gasteiger partial charge >= 0.3 is 11.9 Å². The first-order valence-electron chi connectivity index (χ1n) is 25.1. The fraction of sp³-hybridized carbons (Fsp3) is 0.880. The molecule has 0 heterocycles. The lowest BCUT2D eigenvalue weighted by molar-refractivity contribution is -0.150. The van der Waals surface area contributed by atoms with E-state index in [2.05, 4.69) is 43.2 Å². The minimum Gasteiger partial charge on any atom is -0.465 e. The molecule has 0 aliphatic heterocycles. The normalized spacial score (nSPS) is 12.6. The van der Waals surface area contributed by atoms with Gasteiger partial charge < -0.3 is 25.0 Å². The summed E-state index contributed by atoms with van der Waals surface area (Å²) in [4.78, 5) is 51.4. The van der Waals surface area contributed by atoms with Crippen LogP contribution in [0.15, 0.2) is 9.59 Å². The van der Waals surface area contributed by atoms with Crippen LogP contribution in [-0.2, 0) is 19.1 Å². The molecule has 0 aromatic heterocycles. The van der Waals surface area contributed by atoms with Crippen molar-refractivity contribution in [3.05, 3.63) is 20.4 Å². The van der Waals surface area contributed by atoms with Crippen LogP contribution in [0.4, 0.5) is 11.4 Å². The summed E-state index contributed by atoms with van der Waals surface area (Å²) >= 11 is 0. The number of esters is 2. The van der Waals surface area contributed by atoms with E-state index in [0.29, 0.717) is 43.3 Å². The molecule has 1 aromatic rings. The maximum absolute atomic E-state index is 12.8. The number of nitrogens with one attached hydrogen (secondary N) is 2. The van der Waals surface area contributed by atoms with Gasteiger partial charge in [-0.1, -0.05) is 156 Å². The fourth-order valence-corrected chi connectivity index (χ4v) is 8.04. The van der Waals surface area contributed by atoms with E-state index in [4.69, 9.17) is 9.47 Å². The van der Waals surface area contributed by atoms with Crippen LogP contribution < -0.4 is 21.5 Å². The van der Waals surface area contributed by atoms with E-state index in [1.54, 1.807) is 7.05 Å². The van der Waals surface area contributed by atoms with E-state index in [1.807, 2.05) is 0 Å². The van der Waals surface area contributed by atoms with Crippen molar-refractivity contribution < 1.29 is 19.1 Å². The summed E-state index contributed by atoms with van der Waals surface area (Å²) in [5, 5.41) is 6.01. The van der Waals surface area contributed by atoms with Crippen molar-refractivity contribution in [1.82, 2.24) is 4.90 Å². The Morgan fingerprint density at radius 1 is 0.525 bits per heavy atom. The molecule has 0 fully saturated rings. The molecule has 344 valence electrons. The smallest absolute Gasteiger partial charge is 0.306 e. The molecule has 0 aliphatic carbocycles. The van der Waals surface area contributed by atoms with Gasteiger partial charge in [-0.05, 0) is 89.8 Å². The zero-order valence-corrected chi connectivity index (χ0v) is 39.2. The third-order valence-electron chi connectivity index (χ3n) is 12.0. The molecular formula is C50H93N3O6. The lowest BCUT2D eigenvalue weighted by atomic mass is 10.0. The van der Waals surface area contributed by atoms with Crippen LogP contribution in [0.2, 0.25) is 0 Å². The Morgan fingerprint density at radius 2 is 0.949 bits per heavy atom. The highest BCUT2D eigenvalue weighted by Gasteiger charge is 2.19. The Kier molecular flexibility index (Phi) is 35.6. The third kappa shape index (κ3) is 29.5. The molecule has 9 nitrogen and oxygen atoms in total. The van der Waals surface area contributed by atoms with Crippen molar-refractivity contribution in [2.75, 3.05) is 50.5 Å². The summed E-state index contributed by atoms with van der Waals surface area (Å²) < 4.78 is 11.6. The second-order valence-electron chi connectivity index (χ2n) is 17.7. The van der Waals surface area contributed by atoms with Gasteiger partial charge in [0.05, 0.1) is 6.61 Å². The van der Waals surface area contributed by atoms with E-state index in [9.17, 15) is 19.2 Å². The fourth-order valence-electron chi connectivity index (χ4n) is 8.04. The topological polar surface area (TPSA) is 114 Å². The molecule has 0 saturated carbocycles. The third-order valence-corrected chi connectivity index (χ3v) is 12.0. The summed E-state index contributed by atoms with van der Waals surface area (Å²) in [5.41, 5.74) is -0.0626. The Hall–Kier alpha value is -2.42. The molecule has 59 heavy (non-hydrogen) atoms. The van der Waals surface area contributed by atoms with E-state index >= 15 is 0 Å². The number of anilines is 2. The van der Waals surface area contributed by atoms with Gasteiger partial charge in [0.1, 0.15) is 17.5 Å². The summed E-state index contributed by atoms with van der Waals surface area (Å²) in [5.74, 6) is 0.382. The molecule has 1 rings (SSSR count). The van der Waals surface area contributed by atoms with Crippen LogP contribution in [0, 0.1) is 5.92 Å². The Bertz CT molecular complexity index is 1210.